The van der Waals surface area contributed by atoms with Crippen LogP contribution in [0, 0.1) is 0 Å². The summed E-state index contributed by atoms with van der Waals surface area (Å²) >= 11 is 1.65. The monoisotopic (exact) mass is 234 g/mol. The molecule has 84 valence electrons. The van der Waals surface area contributed by atoms with E-state index in [1.807, 2.05) is 30.1 Å². The third-order valence-electron chi connectivity index (χ3n) is 2.38. The van der Waals surface area contributed by atoms with Gasteiger partial charge in [0.2, 0.25) is 0 Å². The van der Waals surface area contributed by atoms with Gasteiger partial charge in [0.05, 0.1) is 0 Å². The maximum Gasteiger partial charge on any atom is 0.279 e. The van der Waals surface area contributed by atoms with Crippen LogP contribution in [-0.4, -0.2) is 34.8 Å². The molecule has 2 rings (SSSR count). The third-order valence-corrected chi connectivity index (χ3v) is 3.55. The molecule has 1 fully saturated rings. The Balaban J connectivity index is 2.16. The van der Waals surface area contributed by atoms with E-state index < -0.39 is 0 Å². The van der Waals surface area contributed by atoms with Crippen molar-refractivity contribution in [3.8, 4) is 0 Å². The Morgan fingerprint density at radius 1 is 1.44 bits per heavy atom. The fourth-order valence-electron chi connectivity index (χ4n) is 1.61. The summed E-state index contributed by atoms with van der Waals surface area (Å²) in [6.07, 6.45) is 0. The number of hydrogen-bond donors (Lipinski definition) is 0. The summed E-state index contributed by atoms with van der Waals surface area (Å²) in [4.78, 5) is 18.0. The zero-order chi connectivity index (χ0) is 11.5. The maximum absolute atomic E-state index is 11.8. The lowest BCUT2D eigenvalue weighted by Crippen LogP contribution is -2.20. The minimum Gasteiger partial charge on any atom is -0.353 e. The molecule has 4 heteroatoms. The highest BCUT2D eigenvalue weighted by Gasteiger charge is 2.23. The standard InChI is InChI=1S/C12H14N2OS/c1-9-8-14(2)12(16-9)13-11(15)10-6-4-3-5-7-10/h3-7,9H,8H2,1-2H3/t9-/m1/s1. The zero-order valence-electron chi connectivity index (χ0n) is 9.38. The molecule has 1 aromatic carbocycles. The lowest BCUT2D eigenvalue weighted by Gasteiger charge is -2.08. The van der Waals surface area contributed by atoms with Gasteiger partial charge >= 0.3 is 0 Å². The van der Waals surface area contributed by atoms with Crippen molar-refractivity contribution in [2.24, 2.45) is 4.99 Å². The number of nitrogens with zero attached hydrogens (tertiary/aromatic N) is 2. The first kappa shape index (κ1) is 11.2. The smallest absolute Gasteiger partial charge is 0.279 e. The topological polar surface area (TPSA) is 32.7 Å². The number of carbonyl (C=O) groups is 1. The van der Waals surface area contributed by atoms with Gasteiger partial charge in [-0.3, -0.25) is 4.79 Å². The second kappa shape index (κ2) is 4.70. The molecular weight excluding hydrogens is 220 g/mol. The predicted octanol–water partition coefficient (Wildman–Crippen LogP) is 2.25. The molecule has 0 radical (unpaired) electrons. The molecule has 16 heavy (non-hydrogen) atoms. The average Bonchev–Trinajstić information content (AvgIpc) is 2.59. The van der Waals surface area contributed by atoms with Crippen molar-refractivity contribution < 1.29 is 4.79 Å². The van der Waals surface area contributed by atoms with E-state index in [9.17, 15) is 4.79 Å². The molecular formula is C12H14N2OS. The van der Waals surface area contributed by atoms with E-state index in [0.717, 1.165) is 11.7 Å². The number of aliphatic imine (C=N–C) groups is 1. The van der Waals surface area contributed by atoms with Crippen molar-refractivity contribution in [3.63, 3.8) is 0 Å². The van der Waals surface area contributed by atoms with Gasteiger partial charge in [0.15, 0.2) is 5.17 Å². The molecule has 1 aliphatic heterocycles. The fourth-order valence-corrected chi connectivity index (χ4v) is 2.66. The van der Waals surface area contributed by atoms with E-state index in [2.05, 4.69) is 11.9 Å². The van der Waals surface area contributed by atoms with Gasteiger partial charge in [0.25, 0.3) is 5.91 Å². The Morgan fingerprint density at radius 3 is 2.69 bits per heavy atom. The van der Waals surface area contributed by atoms with E-state index in [1.54, 1.807) is 23.9 Å². The molecule has 1 aromatic rings. The first-order valence-electron chi connectivity index (χ1n) is 5.22. The molecule has 3 nitrogen and oxygen atoms in total. The normalized spacial score (nSPS) is 22.8. The van der Waals surface area contributed by atoms with Crippen molar-refractivity contribution in [2.75, 3.05) is 13.6 Å². The second-order valence-electron chi connectivity index (χ2n) is 3.87. The van der Waals surface area contributed by atoms with Crippen molar-refractivity contribution in [1.29, 1.82) is 0 Å². The Kier molecular flexibility index (Phi) is 3.29. The average molecular weight is 234 g/mol. The number of amides is 1. The minimum absolute atomic E-state index is 0.163. The third kappa shape index (κ3) is 2.44. The van der Waals surface area contributed by atoms with Crippen LogP contribution in [0.5, 0.6) is 0 Å². The Bertz CT molecular complexity index is 416. The summed E-state index contributed by atoms with van der Waals surface area (Å²) < 4.78 is 0. The van der Waals surface area contributed by atoms with Crippen LogP contribution < -0.4 is 0 Å². The second-order valence-corrected chi connectivity index (χ2v) is 5.28. The summed E-state index contributed by atoms with van der Waals surface area (Å²) in [5, 5.41) is 1.33. The highest BCUT2D eigenvalue weighted by atomic mass is 32.2. The van der Waals surface area contributed by atoms with Crippen molar-refractivity contribution >= 4 is 22.8 Å². The highest BCUT2D eigenvalue weighted by molar-refractivity contribution is 8.14. The molecule has 0 bridgehead atoms. The van der Waals surface area contributed by atoms with Gasteiger partial charge < -0.3 is 4.90 Å². The molecule has 0 aromatic heterocycles. The summed E-state index contributed by atoms with van der Waals surface area (Å²) in [6, 6.07) is 9.16. The van der Waals surface area contributed by atoms with E-state index in [-0.39, 0.29) is 5.91 Å². The van der Waals surface area contributed by atoms with E-state index in [1.165, 1.54) is 0 Å². The number of benzene rings is 1. The number of carbonyl (C=O) groups excluding carboxylic acids is 1. The van der Waals surface area contributed by atoms with Gasteiger partial charge in [0.1, 0.15) is 0 Å². The van der Waals surface area contributed by atoms with E-state index >= 15 is 0 Å². The number of rotatable bonds is 1. The van der Waals surface area contributed by atoms with Gasteiger partial charge in [0, 0.05) is 24.4 Å². The number of amidine groups is 1. The number of hydrogen-bond acceptors (Lipinski definition) is 2. The molecule has 0 aliphatic carbocycles. The van der Waals surface area contributed by atoms with E-state index in [0.29, 0.717) is 10.8 Å². The largest absolute Gasteiger partial charge is 0.353 e. The van der Waals surface area contributed by atoms with Crippen LogP contribution in [0.15, 0.2) is 35.3 Å². The van der Waals surface area contributed by atoms with Crippen LogP contribution in [0.3, 0.4) is 0 Å². The van der Waals surface area contributed by atoms with Crippen LogP contribution >= 0.6 is 11.8 Å². The molecule has 1 atom stereocenters. The zero-order valence-corrected chi connectivity index (χ0v) is 10.2. The van der Waals surface area contributed by atoms with Crippen LogP contribution in [0.2, 0.25) is 0 Å². The molecule has 1 aliphatic rings. The van der Waals surface area contributed by atoms with Gasteiger partial charge in [-0.2, -0.15) is 4.99 Å². The van der Waals surface area contributed by atoms with Crippen LogP contribution in [0.4, 0.5) is 0 Å². The van der Waals surface area contributed by atoms with Crippen molar-refractivity contribution in [3.05, 3.63) is 35.9 Å². The summed E-state index contributed by atoms with van der Waals surface area (Å²) in [7, 11) is 1.97. The molecule has 0 saturated carbocycles. The van der Waals surface area contributed by atoms with Crippen LogP contribution in [0.1, 0.15) is 17.3 Å². The molecule has 1 heterocycles. The number of thioether (sulfide) groups is 1. The van der Waals surface area contributed by atoms with Gasteiger partial charge in [-0.1, -0.05) is 36.9 Å². The van der Waals surface area contributed by atoms with Crippen LogP contribution in [-0.2, 0) is 0 Å². The minimum atomic E-state index is -0.163. The molecule has 1 saturated heterocycles. The summed E-state index contributed by atoms with van der Waals surface area (Å²) in [5.41, 5.74) is 0.642. The molecule has 0 unspecified atom stereocenters. The summed E-state index contributed by atoms with van der Waals surface area (Å²) in [5.74, 6) is -0.163. The Morgan fingerprint density at radius 2 is 2.12 bits per heavy atom. The molecule has 1 amide bonds. The fraction of sp³-hybridized carbons (Fsp3) is 0.333. The highest BCUT2D eigenvalue weighted by Crippen LogP contribution is 2.24. The van der Waals surface area contributed by atoms with Crippen molar-refractivity contribution in [2.45, 2.75) is 12.2 Å². The maximum atomic E-state index is 11.8. The van der Waals surface area contributed by atoms with Gasteiger partial charge in [-0.05, 0) is 12.1 Å². The van der Waals surface area contributed by atoms with Gasteiger partial charge in [-0.25, -0.2) is 0 Å². The lowest BCUT2D eigenvalue weighted by atomic mass is 10.2. The SMILES string of the molecule is C[C@@H]1CN(C)C(=NC(=O)c2ccccc2)S1. The van der Waals surface area contributed by atoms with Crippen LogP contribution in [0.25, 0.3) is 0 Å². The quantitative estimate of drug-likeness (QED) is 0.747. The Hall–Kier alpha value is -1.29. The summed E-state index contributed by atoms with van der Waals surface area (Å²) in [6.45, 7) is 3.09. The Labute approximate surface area is 99.6 Å². The van der Waals surface area contributed by atoms with Crippen molar-refractivity contribution in [1.82, 2.24) is 4.90 Å². The lowest BCUT2D eigenvalue weighted by molar-refractivity contribution is 0.100. The first-order chi connectivity index (χ1) is 7.66. The van der Waals surface area contributed by atoms with Gasteiger partial charge in [-0.15, -0.1) is 0 Å². The first-order valence-corrected chi connectivity index (χ1v) is 6.10. The molecule has 0 spiro atoms. The molecule has 0 N–H and O–H groups in total. The predicted molar refractivity (Wildman–Crippen MR) is 67.9 cm³/mol. The van der Waals surface area contributed by atoms with E-state index in [4.69, 9.17) is 0 Å².